The van der Waals surface area contributed by atoms with Crippen molar-refractivity contribution in [3.63, 3.8) is 0 Å². The number of aliphatic hydroxyl groups excluding tert-OH is 1. The van der Waals surface area contributed by atoms with Crippen LogP contribution in [-0.2, 0) is 17.6 Å². The third-order valence-electron chi connectivity index (χ3n) is 6.20. The normalized spacial score (nSPS) is 21.4. The number of carbonyl (C=O) groups is 1. The minimum absolute atomic E-state index is 0.0742. The van der Waals surface area contributed by atoms with Crippen molar-refractivity contribution in [1.82, 2.24) is 10.2 Å². The number of alkyl halides is 1. The summed E-state index contributed by atoms with van der Waals surface area (Å²) < 4.78 is 13.7. The van der Waals surface area contributed by atoms with Crippen LogP contribution < -0.4 is 5.32 Å². The van der Waals surface area contributed by atoms with Crippen LogP contribution in [0.1, 0.15) is 35.6 Å². The van der Waals surface area contributed by atoms with Crippen LogP contribution in [-0.4, -0.2) is 47.8 Å². The minimum Gasteiger partial charge on any atom is -0.386 e. The van der Waals surface area contributed by atoms with E-state index in [0.29, 0.717) is 43.1 Å². The second-order valence-electron chi connectivity index (χ2n) is 8.57. The molecule has 1 saturated heterocycles. The topological polar surface area (TPSA) is 52.6 Å². The van der Waals surface area contributed by atoms with Gasteiger partial charge in [0.05, 0.1) is 6.04 Å². The molecular weight excluding hydrogens is 403 g/mol. The number of fused-ring (bicyclic) bond motifs is 1. The summed E-state index contributed by atoms with van der Waals surface area (Å²) in [6.07, 6.45) is 0.961. The fourth-order valence-electron chi connectivity index (χ4n) is 4.70. The van der Waals surface area contributed by atoms with Crippen molar-refractivity contribution >= 4 is 17.5 Å². The summed E-state index contributed by atoms with van der Waals surface area (Å²) in [4.78, 5) is 14.8. The second kappa shape index (κ2) is 9.46. The first-order chi connectivity index (χ1) is 14.5. The SMILES string of the molecule is O=C(CC1Cc2ccccc2C1)NC(CN1CCC(F)C1)C(O)c1cccc(Cl)c1. The smallest absolute Gasteiger partial charge is 0.220 e. The van der Waals surface area contributed by atoms with E-state index in [1.807, 2.05) is 17.0 Å². The number of carbonyl (C=O) groups excluding carboxylic acids is 1. The highest BCUT2D eigenvalue weighted by Gasteiger charge is 2.31. The monoisotopic (exact) mass is 430 g/mol. The van der Waals surface area contributed by atoms with Gasteiger partial charge in [0.1, 0.15) is 12.3 Å². The van der Waals surface area contributed by atoms with Gasteiger partial charge in [-0.25, -0.2) is 4.39 Å². The van der Waals surface area contributed by atoms with Gasteiger partial charge in [-0.15, -0.1) is 0 Å². The zero-order chi connectivity index (χ0) is 21.1. The molecule has 0 spiro atoms. The largest absolute Gasteiger partial charge is 0.386 e. The lowest BCUT2D eigenvalue weighted by Crippen LogP contribution is -2.47. The maximum Gasteiger partial charge on any atom is 0.220 e. The van der Waals surface area contributed by atoms with Crippen LogP contribution in [0.25, 0.3) is 0 Å². The summed E-state index contributed by atoms with van der Waals surface area (Å²) in [5.41, 5.74) is 3.28. The van der Waals surface area contributed by atoms with Gasteiger partial charge in [-0.2, -0.15) is 0 Å². The molecule has 0 bridgehead atoms. The maximum absolute atomic E-state index is 13.7. The Bertz CT molecular complexity index is 868. The molecule has 2 aromatic carbocycles. The van der Waals surface area contributed by atoms with Gasteiger partial charge in [-0.1, -0.05) is 48.0 Å². The summed E-state index contributed by atoms with van der Waals surface area (Å²) in [6.45, 7) is 1.38. The summed E-state index contributed by atoms with van der Waals surface area (Å²) in [6, 6.07) is 14.8. The number of nitrogens with zero attached hydrogens (tertiary/aromatic N) is 1. The predicted octanol–water partition coefficient (Wildman–Crippen LogP) is 3.71. The average molecular weight is 431 g/mol. The number of rotatable bonds is 7. The van der Waals surface area contributed by atoms with Crippen molar-refractivity contribution < 1.29 is 14.3 Å². The Morgan fingerprint density at radius 1 is 1.20 bits per heavy atom. The third-order valence-corrected chi connectivity index (χ3v) is 6.43. The van der Waals surface area contributed by atoms with Gasteiger partial charge in [0.2, 0.25) is 5.91 Å². The first-order valence-electron chi connectivity index (χ1n) is 10.6. The Kier molecular flexibility index (Phi) is 6.71. The minimum atomic E-state index is -0.910. The van der Waals surface area contributed by atoms with Gasteiger partial charge in [0, 0.05) is 31.1 Å². The Morgan fingerprint density at radius 3 is 2.57 bits per heavy atom. The molecule has 1 heterocycles. The molecule has 1 aliphatic carbocycles. The molecule has 3 atom stereocenters. The molecule has 2 N–H and O–H groups in total. The number of halogens is 2. The van der Waals surface area contributed by atoms with Gasteiger partial charge in [-0.05, 0) is 54.0 Å². The fraction of sp³-hybridized carbons (Fsp3) is 0.458. The van der Waals surface area contributed by atoms with Gasteiger partial charge >= 0.3 is 0 Å². The van der Waals surface area contributed by atoms with Crippen LogP contribution >= 0.6 is 11.6 Å². The van der Waals surface area contributed by atoms with E-state index in [1.165, 1.54) is 11.1 Å². The van der Waals surface area contributed by atoms with Gasteiger partial charge in [0.15, 0.2) is 0 Å². The molecule has 2 aromatic rings. The predicted molar refractivity (Wildman–Crippen MR) is 116 cm³/mol. The summed E-state index contributed by atoms with van der Waals surface area (Å²) in [5, 5.41) is 14.6. The van der Waals surface area contributed by atoms with Crippen LogP contribution in [0.2, 0.25) is 5.02 Å². The molecule has 2 aliphatic rings. The molecule has 0 saturated carbocycles. The summed E-state index contributed by atoms with van der Waals surface area (Å²) >= 11 is 6.09. The molecular formula is C24H28ClFN2O2. The van der Waals surface area contributed by atoms with Crippen molar-refractivity contribution in [3.8, 4) is 0 Å². The van der Waals surface area contributed by atoms with E-state index >= 15 is 0 Å². The lowest BCUT2D eigenvalue weighted by molar-refractivity contribution is -0.123. The summed E-state index contributed by atoms with van der Waals surface area (Å²) in [7, 11) is 0. The Hall–Kier alpha value is -1.95. The highest BCUT2D eigenvalue weighted by atomic mass is 35.5. The lowest BCUT2D eigenvalue weighted by Gasteiger charge is -2.29. The number of hydrogen-bond acceptors (Lipinski definition) is 3. The molecule has 4 rings (SSSR count). The first kappa shape index (κ1) is 21.3. The standard InChI is InChI=1S/C24H28ClFN2O2/c25-20-7-3-6-19(13-20)24(30)22(15-28-9-8-21(26)14-28)27-23(29)12-16-10-17-4-1-2-5-18(17)11-16/h1-7,13,16,21-22,24,30H,8-12,14-15H2,(H,27,29). The lowest BCUT2D eigenvalue weighted by atomic mass is 9.99. The van der Waals surface area contributed by atoms with Crippen LogP contribution in [0.3, 0.4) is 0 Å². The highest BCUT2D eigenvalue weighted by molar-refractivity contribution is 6.30. The molecule has 3 unspecified atom stereocenters. The van der Waals surface area contributed by atoms with Crippen molar-refractivity contribution in [2.75, 3.05) is 19.6 Å². The maximum atomic E-state index is 13.7. The van der Waals surface area contributed by atoms with Crippen LogP contribution in [0, 0.1) is 5.92 Å². The Balaban J connectivity index is 1.42. The molecule has 30 heavy (non-hydrogen) atoms. The van der Waals surface area contributed by atoms with Crippen LogP contribution in [0.15, 0.2) is 48.5 Å². The van der Waals surface area contributed by atoms with Gasteiger partial charge < -0.3 is 10.4 Å². The highest BCUT2D eigenvalue weighted by Crippen LogP contribution is 2.29. The molecule has 160 valence electrons. The zero-order valence-corrected chi connectivity index (χ0v) is 17.7. The number of likely N-dealkylation sites (tertiary alicyclic amines) is 1. The van der Waals surface area contributed by atoms with Crippen molar-refractivity contribution in [1.29, 1.82) is 0 Å². The average Bonchev–Trinajstić information content (AvgIpc) is 3.31. The zero-order valence-electron chi connectivity index (χ0n) is 16.9. The van der Waals surface area contributed by atoms with Crippen molar-refractivity contribution in [2.45, 2.75) is 44.0 Å². The van der Waals surface area contributed by atoms with E-state index in [-0.39, 0.29) is 11.8 Å². The molecule has 1 amide bonds. The molecule has 4 nitrogen and oxygen atoms in total. The number of amides is 1. The Labute approximate surface area is 182 Å². The molecule has 0 radical (unpaired) electrons. The van der Waals surface area contributed by atoms with E-state index < -0.39 is 18.3 Å². The Morgan fingerprint density at radius 2 is 1.93 bits per heavy atom. The van der Waals surface area contributed by atoms with Crippen LogP contribution in [0.5, 0.6) is 0 Å². The second-order valence-corrected chi connectivity index (χ2v) is 9.00. The van der Waals surface area contributed by atoms with E-state index in [1.54, 1.807) is 24.3 Å². The van der Waals surface area contributed by atoms with Gasteiger partial charge in [-0.3, -0.25) is 9.69 Å². The first-order valence-corrected chi connectivity index (χ1v) is 11.0. The molecule has 6 heteroatoms. The van der Waals surface area contributed by atoms with E-state index in [2.05, 4.69) is 17.4 Å². The van der Waals surface area contributed by atoms with E-state index in [9.17, 15) is 14.3 Å². The summed E-state index contributed by atoms with van der Waals surface area (Å²) in [5.74, 6) is 0.197. The van der Waals surface area contributed by atoms with E-state index in [0.717, 1.165) is 12.8 Å². The number of benzene rings is 2. The molecule has 1 fully saturated rings. The van der Waals surface area contributed by atoms with Crippen LogP contribution in [0.4, 0.5) is 4.39 Å². The molecule has 0 aromatic heterocycles. The van der Waals surface area contributed by atoms with E-state index in [4.69, 9.17) is 11.6 Å². The molecule has 1 aliphatic heterocycles. The van der Waals surface area contributed by atoms with Crippen molar-refractivity contribution in [3.05, 3.63) is 70.2 Å². The number of hydrogen-bond donors (Lipinski definition) is 2. The van der Waals surface area contributed by atoms with Crippen molar-refractivity contribution in [2.24, 2.45) is 5.92 Å². The quantitative estimate of drug-likeness (QED) is 0.704. The number of nitrogens with one attached hydrogen (secondary N) is 1. The van der Waals surface area contributed by atoms with Gasteiger partial charge in [0.25, 0.3) is 0 Å². The number of aliphatic hydroxyl groups is 1. The fourth-order valence-corrected chi connectivity index (χ4v) is 4.90. The third kappa shape index (κ3) is 5.20.